The SMILES string of the molecule is CCOC(=O)CN1C(=O)S/C(=C/c2ccc(OCC(=O)Nc3ccc(C)c(C)c3)c(OCC)c2)C1=O. The van der Waals surface area contributed by atoms with Crippen LogP contribution in [0.3, 0.4) is 0 Å². The molecule has 1 saturated heterocycles. The number of nitrogens with zero attached hydrogens (tertiary/aromatic N) is 1. The summed E-state index contributed by atoms with van der Waals surface area (Å²) in [6.45, 7) is 7.28. The van der Waals surface area contributed by atoms with Crippen molar-refractivity contribution in [3.8, 4) is 11.5 Å². The van der Waals surface area contributed by atoms with Crippen LogP contribution in [0.4, 0.5) is 10.5 Å². The number of nitrogens with one attached hydrogen (secondary N) is 1. The average Bonchev–Trinajstić information content (AvgIpc) is 3.08. The fraction of sp³-hybridized carbons (Fsp3) is 0.308. The number of amides is 3. The molecule has 2 aromatic rings. The Labute approximate surface area is 213 Å². The number of thioether (sulfide) groups is 1. The number of carbonyl (C=O) groups is 4. The van der Waals surface area contributed by atoms with Gasteiger partial charge in [0.1, 0.15) is 6.54 Å². The number of ether oxygens (including phenoxy) is 3. The maximum Gasteiger partial charge on any atom is 0.326 e. The highest BCUT2D eigenvalue weighted by molar-refractivity contribution is 8.18. The Morgan fingerprint density at radius 2 is 1.75 bits per heavy atom. The summed E-state index contributed by atoms with van der Waals surface area (Å²) in [5.74, 6) is -0.794. The molecule has 1 N–H and O–H groups in total. The van der Waals surface area contributed by atoms with Gasteiger partial charge in [0.15, 0.2) is 18.1 Å². The van der Waals surface area contributed by atoms with E-state index in [0.717, 1.165) is 27.8 Å². The molecule has 9 nitrogen and oxygen atoms in total. The first kappa shape index (κ1) is 26.8. The van der Waals surface area contributed by atoms with E-state index in [1.54, 1.807) is 25.1 Å². The first-order chi connectivity index (χ1) is 17.2. The number of imide groups is 1. The monoisotopic (exact) mass is 512 g/mol. The van der Waals surface area contributed by atoms with Gasteiger partial charge >= 0.3 is 5.97 Å². The molecule has 3 rings (SSSR count). The number of hydrogen-bond acceptors (Lipinski definition) is 8. The normalized spacial score (nSPS) is 14.2. The third-order valence-electron chi connectivity index (χ3n) is 5.18. The van der Waals surface area contributed by atoms with E-state index in [1.807, 2.05) is 39.0 Å². The smallest absolute Gasteiger partial charge is 0.326 e. The van der Waals surface area contributed by atoms with Crippen LogP contribution < -0.4 is 14.8 Å². The van der Waals surface area contributed by atoms with Crippen molar-refractivity contribution in [1.29, 1.82) is 0 Å². The number of rotatable bonds is 10. The molecule has 0 aromatic heterocycles. The van der Waals surface area contributed by atoms with E-state index in [0.29, 0.717) is 29.4 Å². The molecule has 0 radical (unpaired) electrons. The van der Waals surface area contributed by atoms with Crippen LogP contribution in [0.5, 0.6) is 11.5 Å². The summed E-state index contributed by atoms with van der Waals surface area (Å²) in [4.78, 5) is 49.9. The molecule has 1 fully saturated rings. The van der Waals surface area contributed by atoms with Gasteiger partial charge in [-0.25, -0.2) is 0 Å². The zero-order chi connectivity index (χ0) is 26.2. The maximum absolute atomic E-state index is 12.6. The predicted octanol–water partition coefficient (Wildman–Crippen LogP) is 4.32. The predicted molar refractivity (Wildman–Crippen MR) is 137 cm³/mol. The second-order valence-electron chi connectivity index (χ2n) is 7.85. The Morgan fingerprint density at radius 3 is 2.44 bits per heavy atom. The number of anilines is 1. The van der Waals surface area contributed by atoms with Crippen LogP contribution in [0.25, 0.3) is 6.08 Å². The highest BCUT2D eigenvalue weighted by atomic mass is 32.2. The van der Waals surface area contributed by atoms with Crippen LogP contribution >= 0.6 is 11.8 Å². The van der Waals surface area contributed by atoms with E-state index in [-0.39, 0.29) is 24.0 Å². The highest BCUT2D eigenvalue weighted by Crippen LogP contribution is 2.34. The van der Waals surface area contributed by atoms with Crippen LogP contribution in [0, 0.1) is 13.8 Å². The number of carbonyl (C=O) groups excluding carboxylic acids is 4. The van der Waals surface area contributed by atoms with Gasteiger partial charge in [-0.2, -0.15) is 0 Å². The number of esters is 1. The van der Waals surface area contributed by atoms with E-state index in [9.17, 15) is 19.2 Å². The second kappa shape index (κ2) is 12.3. The molecule has 10 heteroatoms. The fourth-order valence-corrected chi connectivity index (χ4v) is 4.12. The van der Waals surface area contributed by atoms with Gasteiger partial charge < -0.3 is 19.5 Å². The summed E-state index contributed by atoms with van der Waals surface area (Å²) >= 11 is 0.743. The van der Waals surface area contributed by atoms with Gasteiger partial charge in [0.05, 0.1) is 18.1 Å². The summed E-state index contributed by atoms with van der Waals surface area (Å²) < 4.78 is 16.2. The van der Waals surface area contributed by atoms with Gasteiger partial charge in [-0.05, 0) is 86.5 Å². The van der Waals surface area contributed by atoms with Gasteiger partial charge in [-0.1, -0.05) is 12.1 Å². The molecule has 0 atom stereocenters. The van der Waals surface area contributed by atoms with Crippen molar-refractivity contribution in [1.82, 2.24) is 4.90 Å². The lowest BCUT2D eigenvalue weighted by molar-refractivity contribution is -0.146. The van der Waals surface area contributed by atoms with Crippen molar-refractivity contribution >= 4 is 46.5 Å². The summed E-state index contributed by atoms with van der Waals surface area (Å²) in [5.41, 5.74) is 3.48. The van der Waals surface area contributed by atoms with Crippen molar-refractivity contribution in [2.45, 2.75) is 27.7 Å². The molecular weight excluding hydrogens is 484 g/mol. The topological polar surface area (TPSA) is 111 Å². The molecule has 0 aliphatic carbocycles. The summed E-state index contributed by atoms with van der Waals surface area (Å²) in [5, 5.41) is 2.26. The Bertz CT molecular complexity index is 1210. The van der Waals surface area contributed by atoms with Crippen LogP contribution in [0.2, 0.25) is 0 Å². The van der Waals surface area contributed by atoms with E-state index in [4.69, 9.17) is 14.2 Å². The molecule has 190 valence electrons. The lowest BCUT2D eigenvalue weighted by Gasteiger charge is -2.13. The van der Waals surface area contributed by atoms with Crippen molar-refractivity contribution in [3.63, 3.8) is 0 Å². The largest absolute Gasteiger partial charge is 0.490 e. The minimum atomic E-state index is -0.650. The van der Waals surface area contributed by atoms with E-state index >= 15 is 0 Å². The average molecular weight is 513 g/mol. The minimum Gasteiger partial charge on any atom is -0.490 e. The molecule has 0 bridgehead atoms. The van der Waals surface area contributed by atoms with Crippen molar-refractivity contribution in [2.75, 3.05) is 31.7 Å². The number of aryl methyl sites for hydroxylation is 2. The molecule has 2 aromatic carbocycles. The van der Waals surface area contributed by atoms with Crippen molar-refractivity contribution < 1.29 is 33.4 Å². The van der Waals surface area contributed by atoms with Crippen LogP contribution in [0.1, 0.15) is 30.5 Å². The van der Waals surface area contributed by atoms with Crippen LogP contribution in [-0.2, 0) is 19.1 Å². The third-order valence-corrected chi connectivity index (χ3v) is 6.09. The lowest BCUT2D eigenvalue weighted by Crippen LogP contribution is -2.34. The minimum absolute atomic E-state index is 0.160. The molecule has 1 aliphatic heterocycles. The number of benzene rings is 2. The van der Waals surface area contributed by atoms with Crippen LogP contribution in [0.15, 0.2) is 41.3 Å². The van der Waals surface area contributed by atoms with Crippen LogP contribution in [-0.4, -0.2) is 54.3 Å². The maximum atomic E-state index is 12.6. The molecule has 0 unspecified atom stereocenters. The molecule has 36 heavy (non-hydrogen) atoms. The molecule has 0 spiro atoms. The lowest BCUT2D eigenvalue weighted by atomic mass is 10.1. The van der Waals surface area contributed by atoms with Gasteiger partial charge in [0.25, 0.3) is 17.1 Å². The van der Waals surface area contributed by atoms with Crippen molar-refractivity contribution in [2.24, 2.45) is 0 Å². The van der Waals surface area contributed by atoms with Gasteiger partial charge in [0, 0.05) is 5.69 Å². The Kier molecular flexibility index (Phi) is 9.13. The zero-order valence-corrected chi connectivity index (χ0v) is 21.4. The van der Waals surface area contributed by atoms with E-state index < -0.39 is 23.7 Å². The zero-order valence-electron chi connectivity index (χ0n) is 20.6. The molecular formula is C26H28N2O7S. The standard InChI is InChI=1S/C26H28N2O7S/c1-5-33-21-12-18(13-22-25(31)28(26(32)36-22)14-24(30)34-6-2)8-10-20(21)35-15-23(29)27-19-9-7-16(3)17(4)11-19/h7-13H,5-6,14-15H2,1-4H3,(H,27,29)/b22-13+. The molecule has 0 saturated carbocycles. The Hall–Kier alpha value is -3.79. The van der Waals surface area contributed by atoms with Gasteiger partial charge in [-0.15, -0.1) is 0 Å². The fourth-order valence-electron chi connectivity index (χ4n) is 3.28. The Morgan fingerprint density at radius 1 is 0.972 bits per heavy atom. The highest BCUT2D eigenvalue weighted by Gasteiger charge is 2.36. The third kappa shape index (κ3) is 6.88. The summed E-state index contributed by atoms with van der Waals surface area (Å²) in [7, 11) is 0. The van der Waals surface area contributed by atoms with E-state index in [2.05, 4.69) is 5.32 Å². The number of hydrogen-bond donors (Lipinski definition) is 1. The van der Waals surface area contributed by atoms with E-state index in [1.165, 1.54) is 6.08 Å². The first-order valence-electron chi connectivity index (χ1n) is 11.4. The first-order valence-corrected chi connectivity index (χ1v) is 12.2. The Balaban J connectivity index is 1.69. The molecule has 1 heterocycles. The van der Waals surface area contributed by atoms with Gasteiger partial charge in [-0.3, -0.25) is 24.1 Å². The molecule has 3 amide bonds. The summed E-state index contributed by atoms with van der Waals surface area (Å²) in [6, 6.07) is 10.6. The van der Waals surface area contributed by atoms with Gasteiger partial charge in [0.2, 0.25) is 0 Å². The summed E-state index contributed by atoms with van der Waals surface area (Å²) in [6.07, 6.45) is 1.54. The van der Waals surface area contributed by atoms with Crippen molar-refractivity contribution in [3.05, 3.63) is 58.0 Å². The quantitative estimate of drug-likeness (QED) is 0.370. The second-order valence-corrected chi connectivity index (χ2v) is 8.84. The molecule has 1 aliphatic rings.